The topological polar surface area (TPSA) is 84.5 Å². The lowest BCUT2D eigenvalue weighted by Gasteiger charge is -2.39. The first-order valence-corrected chi connectivity index (χ1v) is 12.3. The summed E-state index contributed by atoms with van der Waals surface area (Å²) in [7, 11) is 1.80. The quantitative estimate of drug-likeness (QED) is 0.478. The third-order valence-electron chi connectivity index (χ3n) is 7.40. The number of imidazole rings is 1. The van der Waals surface area contributed by atoms with Gasteiger partial charge in [0.15, 0.2) is 0 Å². The van der Waals surface area contributed by atoms with Crippen LogP contribution in [-0.4, -0.2) is 55.0 Å². The van der Waals surface area contributed by atoms with E-state index in [0.29, 0.717) is 30.8 Å². The molecule has 8 heteroatoms. The predicted molar refractivity (Wildman–Crippen MR) is 138 cm³/mol. The Bertz CT molecular complexity index is 1450. The number of benzene rings is 1. The fourth-order valence-corrected chi connectivity index (χ4v) is 5.34. The Labute approximate surface area is 210 Å². The molecule has 5 rings (SSSR count). The Morgan fingerprint density at radius 2 is 1.83 bits per heavy atom. The SMILES string of the molecule is Cc1nn(C)c(C(=O)N[C@@H]2CCN(C(=O)c3cc(C)c4ncc(C)n4c3)C[C@@H]2c2ccccc2)c1C. The molecule has 0 unspecified atom stereocenters. The molecule has 8 nitrogen and oxygen atoms in total. The number of nitrogens with zero attached hydrogens (tertiary/aromatic N) is 5. The highest BCUT2D eigenvalue weighted by Crippen LogP contribution is 2.29. The monoisotopic (exact) mass is 484 g/mol. The molecule has 3 aromatic heterocycles. The molecule has 1 aromatic carbocycles. The zero-order valence-corrected chi connectivity index (χ0v) is 21.4. The van der Waals surface area contributed by atoms with Gasteiger partial charge in [0.05, 0.1) is 11.3 Å². The molecule has 0 bridgehead atoms. The number of pyridine rings is 1. The van der Waals surface area contributed by atoms with Crippen LogP contribution in [0.5, 0.6) is 0 Å². The smallest absolute Gasteiger partial charge is 0.270 e. The van der Waals surface area contributed by atoms with Crippen molar-refractivity contribution in [3.05, 3.63) is 88.1 Å². The third-order valence-corrected chi connectivity index (χ3v) is 7.40. The second-order valence-corrected chi connectivity index (χ2v) is 9.82. The van der Waals surface area contributed by atoms with Gasteiger partial charge >= 0.3 is 0 Å². The summed E-state index contributed by atoms with van der Waals surface area (Å²) >= 11 is 0. The van der Waals surface area contributed by atoms with Crippen LogP contribution in [-0.2, 0) is 7.05 Å². The first-order chi connectivity index (χ1) is 17.2. The first-order valence-electron chi connectivity index (χ1n) is 12.3. The molecular formula is C28H32N6O2. The molecule has 0 saturated carbocycles. The average molecular weight is 485 g/mol. The summed E-state index contributed by atoms with van der Waals surface area (Å²) in [5, 5.41) is 7.66. The molecule has 0 radical (unpaired) electrons. The van der Waals surface area contributed by atoms with Gasteiger partial charge in [-0.2, -0.15) is 5.10 Å². The molecule has 2 atom stereocenters. The highest BCUT2D eigenvalue weighted by Gasteiger charge is 2.35. The Kier molecular flexibility index (Phi) is 6.12. The molecule has 4 heterocycles. The molecule has 1 aliphatic heterocycles. The number of carbonyl (C=O) groups excluding carboxylic acids is 2. The van der Waals surface area contributed by atoms with Gasteiger partial charge in [0.2, 0.25) is 0 Å². The Balaban J connectivity index is 1.42. The van der Waals surface area contributed by atoms with E-state index in [-0.39, 0.29) is 23.8 Å². The second kappa shape index (κ2) is 9.26. The van der Waals surface area contributed by atoms with Crippen molar-refractivity contribution in [3.63, 3.8) is 0 Å². The molecule has 36 heavy (non-hydrogen) atoms. The van der Waals surface area contributed by atoms with Crippen molar-refractivity contribution in [2.75, 3.05) is 13.1 Å². The summed E-state index contributed by atoms with van der Waals surface area (Å²) in [6, 6.07) is 12.0. The van der Waals surface area contributed by atoms with E-state index in [1.807, 2.05) is 73.7 Å². The lowest BCUT2D eigenvalue weighted by molar-refractivity contribution is 0.0670. The van der Waals surface area contributed by atoms with Crippen LogP contribution in [0.1, 0.15) is 61.3 Å². The molecule has 1 N–H and O–H groups in total. The molecule has 186 valence electrons. The number of carbonyl (C=O) groups is 2. The van der Waals surface area contributed by atoms with Crippen LogP contribution < -0.4 is 5.32 Å². The number of amides is 2. The lowest BCUT2D eigenvalue weighted by Crippen LogP contribution is -2.51. The number of nitrogens with one attached hydrogen (secondary N) is 1. The summed E-state index contributed by atoms with van der Waals surface area (Å²) in [6.07, 6.45) is 4.37. The maximum absolute atomic E-state index is 13.6. The number of piperidine rings is 1. The largest absolute Gasteiger partial charge is 0.347 e. The standard InChI is InChI=1S/C28H32N6O2/c1-17-13-22(15-34-18(2)14-29-26(17)34)28(36)33-12-11-24(23(16-33)21-9-7-6-8-10-21)30-27(35)25-19(3)20(4)31-32(25)5/h6-10,13-15,23-24H,11-12,16H2,1-5H3,(H,30,35)/t23-,24-/m1/s1. The number of hydrogen-bond acceptors (Lipinski definition) is 4. The van der Waals surface area contributed by atoms with Gasteiger partial charge in [0.1, 0.15) is 11.3 Å². The van der Waals surface area contributed by atoms with E-state index in [1.165, 1.54) is 0 Å². The summed E-state index contributed by atoms with van der Waals surface area (Å²) in [5.41, 5.74) is 6.91. The van der Waals surface area contributed by atoms with Crippen LogP contribution in [0.15, 0.2) is 48.8 Å². The Hall–Kier alpha value is -3.94. The third kappa shape index (κ3) is 4.17. The number of aromatic nitrogens is 4. The molecule has 1 aliphatic rings. The van der Waals surface area contributed by atoms with Crippen molar-refractivity contribution in [2.24, 2.45) is 7.05 Å². The van der Waals surface area contributed by atoms with Gasteiger partial charge in [-0.25, -0.2) is 4.98 Å². The van der Waals surface area contributed by atoms with E-state index in [4.69, 9.17) is 0 Å². The normalized spacial score (nSPS) is 18.0. The average Bonchev–Trinajstić information content (AvgIpc) is 3.37. The summed E-state index contributed by atoms with van der Waals surface area (Å²) in [6.45, 7) is 8.89. The van der Waals surface area contributed by atoms with Gasteiger partial charge in [-0.15, -0.1) is 0 Å². The minimum absolute atomic E-state index is 0.00286. The summed E-state index contributed by atoms with van der Waals surface area (Å²) < 4.78 is 3.62. The van der Waals surface area contributed by atoms with Crippen molar-refractivity contribution in [2.45, 2.75) is 46.1 Å². The van der Waals surface area contributed by atoms with Gasteiger partial charge in [-0.1, -0.05) is 30.3 Å². The van der Waals surface area contributed by atoms with Crippen LogP contribution >= 0.6 is 0 Å². The van der Waals surface area contributed by atoms with Crippen molar-refractivity contribution in [1.82, 2.24) is 29.4 Å². The molecule has 1 fully saturated rings. The second-order valence-electron chi connectivity index (χ2n) is 9.82. The van der Waals surface area contributed by atoms with E-state index in [1.54, 1.807) is 11.7 Å². The van der Waals surface area contributed by atoms with Crippen molar-refractivity contribution in [1.29, 1.82) is 0 Å². The maximum Gasteiger partial charge on any atom is 0.270 e. The first kappa shape index (κ1) is 23.8. The van der Waals surface area contributed by atoms with Crippen LogP contribution in [0.25, 0.3) is 5.65 Å². The highest BCUT2D eigenvalue weighted by molar-refractivity contribution is 5.95. The molecule has 0 spiro atoms. The molecular weight excluding hydrogens is 452 g/mol. The summed E-state index contributed by atoms with van der Waals surface area (Å²) in [4.78, 5) is 33.3. The molecule has 2 amide bonds. The fourth-order valence-electron chi connectivity index (χ4n) is 5.34. The number of fused-ring (bicyclic) bond motifs is 1. The van der Waals surface area contributed by atoms with Gasteiger partial charge < -0.3 is 14.6 Å². The van der Waals surface area contributed by atoms with Gasteiger partial charge in [-0.3, -0.25) is 14.3 Å². The highest BCUT2D eigenvalue weighted by atomic mass is 16.2. The Morgan fingerprint density at radius 1 is 1.08 bits per heavy atom. The van der Waals surface area contributed by atoms with Crippen LogP contribution in [0.3, 0.4) is 0 Å². The van der Waals surface area contributed by atoms with E-state index in [2.05, 4.69) is 27.5 Å². The number of rotatable bonds is 4. The van der Waals surface area contributed by atoms with E-state index in [9.17, 15) is 9.59 Å². The number of aryl methyl sites for hydroxylation is 4. The molecule has 4 aromatic rings. The van der Waals surface area contributed by atoms with Crippen molar-refractivity contribution in [3.8, 4) is 0 Å². The van der Waals surface area contributed by atoms with E-state index in [0.717, 1.165) is 33.7 Å². The van der Waals surface area contributed by atoms with E-state index >= 15 is 0 Å². The maximum atomic E-state index is 13.6. The zero-order valence-electron chi connectivity index (χ0n) is 21.4. The number of hydrogen-bond donors (Lipinski definition) is 1. The lowest BCUT2D eigenvalue weighted by atomic mass is 9.85. The minimum Gasteiger partial charge on any atom is -0.347 e. The van der Waals surface area contributed by atoms with Gasteiger partial charge in [0.25, 0.3) is 11.8 Å². The Morgan fingerprint density at radius 3 is 2.53 bits per heavy atom. The fraction of sp³-hybridized carbons (Fsp3) is 0.357. The predicted octanol–water partition coefficient (Wildman–Crippen LogP) is 3.73. The van der Waals surface area contributed by atoms with Gasteiger partial charge in [0, 0.05) is 55.7 Å². The molecule has 0 aliphatic carbocycles. The summed E-state index contributed by atoms with van der Waals surface area (Å²) in [5.74, 6) is -0.155. The van der Waals surface area contributed by atoms with Gasteiger partial charge in [-0.05, 0) is 51.3 Å². The van der Waals surface area contributed by atoms with Crippen molar-refractivity contribution >= 4 is 17.5 Å². The van der Waals surface area contributed by atoms with Crippen LogP contribution in [0, 0.1) is 27.7 Å². The van der Waals surface area contributed by atoms with Crippen LogP contribution in [0.2, 0.25) is 0 Å². The number of likely N-dealkylation sites (tertiary alicyclic amines) is 1. The van der Waals surface area contributed by atoms with Crippen LogP contribution in [0.4, 0.5) is 0 Å². The van der Waals surface area contributed by atoms with E-state index < -0.39 is 0 Å². The minimum atomic E-state index is -0.127. The zero-order chi connectivity index (χ0) is 25.6. The molecule has 1 saturated heterocycles. The van der Waals surface area contributed by atoms with Crippen molar-refractivity contribution < 1.29 is 9.59 Å².